The number of hydrogen-bond acceptors (Lipinski definition) is 2. The van der Waals surface area contributed by atoms with Gasteiger partial charge in [-0.3, -0.25) is 0 Å². The molecule has 82 valence electrons. The highest BCUT2D eigenvalue weighted by Gasteiger charge is 2.06. The SMILES string of the molecule is NCN(c1ccccc1)c1cccc(Cl)c1. The Bertz CT molecular complexity index is 456. The molecule has 3 heteroatoms. The summed E-state index contributed by atoms with van der Waals surface area (Å²) in [7, 11) is 0. The van der Waals surface area contributed by atoms with Crippen molar-refractivity contribution in [1.82, 2.24) is 0 Å². The Kier molecular flexibility index (Phi) is 3.44. The second kappa shape index (κ2) is 5.01. The number of hydrogen-bond donors (Lipinski definition) is 1. The Morgan fingerprint density at radius 3 is 2.25 bits per heavy atom. The van der Waals surface area contributed by atoms with E-state index in [2.05, 4.69) is 0 Å². The summed E-state index contributed by atoms with van der Waals surface area (Å²) in [6.07, 6.45) is 0. The molecule has 0 bridgehead atoms. The van der Waals surface area contributed by atoms with Gasteiger partial charge in [0.25, 0.3) is 0 Å². The monoisotopic (exact) mass is 232 g/mol. The van der Waals surface area contributed by atoms with Crippen molar-refractivity contribution < 1.29 is 0 Å². The number of nitrogens with two attached hydrogens (primary N) is 1. The van der Waals surface area contributed by atoms with Gasteiger partial charge in [0.1, 0.15) is 0 Å². The first kappa shape index (κ1) is 11.0. The lowest BCUT2D eigenvalue weighted by Crippen LogP contribution is -2.24. The maximum absolute atomic E-state index is 5.97. The molecule has 0 aliphatic heterocycles. The predicted octanol–water partition coefficient (Wildman–Crippen LogP) is 3.39. The lowest BCUT2D eigenvalue weighted by Gasteiger charge is -2.22. The van der Waals surface area contributed by atoms with Gasteiger partial charge in [0.05, 0.1) is 6.67 Å². The molecule has 0 saturated heterocycles. The number of halogens is 1. The van der Waals surface area contributed by atoms with Gasteiger partial charge in [-0.15, -0.1) is 0 Å². The molecule has 0 amide bonds. The molecule has 2 aromatic carbocycles. The Morgan fingerprint density at radius 1 is 0.938 bits per heavy atom. The fraction of sp³-hybridized carbons (Fsp3) is 0.0769. The van der Waals surface area contributed by atoms with Gasteiger partial charge in [0.2, 0.25) is 0 Å². The standard InChI is InChI=1S/C13H13ClN2/c14-11-5-4-8-13(9-11)16(10-15)12-6-2-1-3-7-12/h1-9H,10,15H2. The van der Waals surface area contributed by atoms with Gasteiger partial charge in [0, 0.05) is 16.4 Å². The van der Waals surface area contributed by atoms with Crippen LogP contribution in [0.2, 0.25) is 5.02 Å². The van der Waals surface area contributed by atoms with Crippen LogP contribution in [0.15, 0.2) is 54.6 Å². The predicted molar refractivity (Wildman–Crippen MR) is 69.1 cm³/mol. The summed E-state index contributed by atoms with van der Waals surface area (Å²) in [4.78, 5) is 2.01. The van der Waals surface area contributed by atoms with Crippen LogP contribution < -0.4 is 10.6 Å². The molecule has 0 radical (unpaired) electrons. The minimum atomic E-state index is 0.421. The Labute approximate surface area is 100 Å². The van der Waals surface area contributed by atoms with Crippen LogP contribution in [0, 0.1) is 0 Å². The lowest BCUT2D eigenvalue weighted by molar-refractivity contribution is 0.983. The molecule has 0 aliphatic rings. The van der Waals surface area contributed by atoms with E-state index in [0.717, 1.165) is 11.4 Å². The molecule has 0 spiro atoms. The maximum atomic E-state index is 5.97. The molecule has 2 N–H and O–H groups in total. The smallest absolute Gasteiger partial charge is 0.0706 e. The number of benzene rings is 2. The van der Waals surface area contributed by atoms with Crippen LogP contribution in [0.3, 0.4) is 0 Å². The highest BCUT2D eigenvalue weighted by molar-refractivity contribution is 6.30. The molecular formula is C13H13ClN2. The van der Waals surface area contributed by atoms with Gasteiger partial charge in [0.15, 0.2) is 0 Å². The Hall–Kier alpha value is -1.51. The second-order valence-corrected chi connectivity index (χ2v) is 3.86. The molecule has 0 unspecified atom stereocenters. The highest BCUT2D eigenvalue weighted by Crippen LogP contribution is 2.26. The van der Waals surface area contributed by atoms with Crippen LogP contribution in [0.25, 0.3) is 0 Å². The van der Waals surface area contributed by atoms with Crippen molar-refractivity contribution in [2.24, 2.45) is 5.73 Å². The first-order valence-electron chi connectivity index (χ1n) is 5.09. The maximum Gasteiger partial charge on any atom is 0.0706 e. The third-order valence-electron chi connectivity index (χ3n) is 2.37. The summed E-state index contributed by atoms with van der Waals surface area (Å²) in [5, 5.41) is 0.715. The normalized spacial score (nSPS) is 10.1. The Balaban J connectivity index is 2.37. The van der Waals surface area contributed by atoms with E-state index in [1.807, 2.05) is 59.5 Å². The van der Waals surface area contributed by atoms with Crippen LogP contribution >= 0.6 is 11.6 Å². The molecule has 0 aromatic heterocycles. The molecular weight excluding hydrogens is 220 g/mol. The second-order valence-electron chi connectivity index (χ2n) is 3.43. The van der Waals surface area contributed by atoms with E-state index in [-0.39, 0.29) is 0 Å². The van der Waals surface area contributed by atoms with E-state index < -0.39 is 0 Å². The quantitative estimate of drug-likeness (QED) is 0.822. The first-order valence-corrected chi connectivity index (χ1v) is 5.47. The minimum absolute atomic E-state index is 0.421. The molecule has 0 atom stereocenters. The fourth-order valence-corrected chi connectivity index (χ4v) is 1.80. The molecule has 2 aromatic rings. The molecule has 2 rings (SSSR count). The van der Waals surface area contributed by atoms with Crippen LogP contribution in [-0.2, 0) is 0 Å². The van der Waals surface area contributed by atoms with Gasteiger partial charge in [-0.25, -0.2) is 0 Å². The van der Waals surface area contributed by atoms with E-state index in [4.69, 9.17) is 17.3 Å². The molecule has 0 fully saturated rings. The first-order chi connectivity index (χ1) is 7.81. The molecule has 2 nitrogen and oxygen atoms in total. The molecule has 0 heterocycles. The van der Waals surface area contributed by atoms with Crippen molar-refractivity contribution in [3.63, 3.8) is 0 Å². The van der Waals surface area contributed by atoms with Gasteiger partial charge < -0.3 is 10.6 Å². The highest BCUT2D eigenvalue weighted by atomic mass is 35.5. The summed E-state index contributed by atoms with van der Waals surface area (Å²) in [5.41, 5.74) is 7.83. The molecule has 0 saturated carbocycles. The Morgan fingerprint density at radius 2 is 1.62 bits per heavy atom. The van der Waals surface area contributed by atoms with Crippen molar-refractivity contribution in [2.45, 2.75) is 0 Å². The largest absolute Gasteiger partial charge is 0.328 e. The topological polar surface area (TPSA) is 29.3 Å². The van der Waals surface area contributed by atoms with Crippen molar-refractivity contribution in [3.8, 4) is 0 Å². The zero-order valence-electron chi connectivity index (χ0n) is 8.81. The van der Waals surface area contributed by atoms with Crippen molar-refractivity contribution >= 4 is 23.0 Å². The average molecular weight is 233 g/mol. The van der Waals surface area contributed by atoms with Crippen LogP contribution in [0.1, 0.15) is 0 Å². The fourth-order valence-electron chi connectivity index (χ4n) is 1.61. The number of anilines is 2. The van der Waals surface area contributed by atoms with Gasteiger partial charge in [-0.2, -0.15) is 0 Å². The van der Waals surface area contributed by atoms with E-state index >= 15 is 0 Å². The minimum Gasteiger partial charge on any atom is -0.328 e. The lowest BCUT2D eigenvalue weighted by atomic mass is 10.2. The zero-order chi connectivity index (χ0) is 11.4. The summed E-state index contributed by atoms with van der Waals surface area (Å²) in [5.74, 6) is 0. The summed E-state index contributed by atoms with van der Waals surface area (Å²) >= 11 is 5.97. The number of nitrogens with zero attached hydrogens (tertiary/aromatic N) is 1. The van der Waals surface area contributed by atoms with Crippen molar-refractivity contribution in [3.05, 3.63) is 59.6 Å². The zero-order valence-corrected chi connectivity index (χ0v) is 9.56. The summed E-state index contributed by atoms with van der Waals surface area (Å²) < 4.78 is 0. The van der Waals surface area contributed by atoms with Crippen LogP contribution in [-0.4, -0.2) is 6.67 Å². The summed E-state index contributed by atoms with van der Waals surface area (Å²) in [6, 6.07) is 17.7. The van der Waals surface area contributed by atoms with E-state index in [1.54, 1.807) is 0 Å². The van der Waals surface area contributed by atoms with E-state index in [0.29, 0.717) is 11.7 Å². The van der Waals surface area contributed by atoms with Gasteiger partial charge >= 0.3 is 0 Å². The van der Waals surface area contributed by atoms with E-state index in [9.17, 15) is 0 Å². The van der Waals surface area contributed by atoms with Gasteiger partial charge in [-0.05, 0) is 30.3 Å². The molecule has 0 aliphatic carbocycles. The van der Waals surface area contributed by atoms with E-state index in [1.165, 1.54) is 0 Å². The van der Waals surface area contributed by atoms with Crippen molar-refractivity contribution in [2.75, 3.05) is 11.6 Å². The summed E-state index contributed by atoms with van der Waals surface area (Å²) in [6.45, 7) is 0.421. The van der Waals surface area contributed by atoms with Crippen molar-refractivity contribution in [1.29, 1.82) is 0 Å². The number of rotatable bonds is 3. The van der Waals surface area contributed by atoms with Crippen LogP contribution in [0.4, 0.5) is 11.4 Å². The van der Waals surface area contributed by atoms with Gasteiger partial charge in [-0.1, -0.05) is 35.9 Å². The average Bonchev–Trinajstić information content (AvgIpc) is 2.31. The number of para-hydroxylation sites is 1. The molecule has 16 heavy (non-hydrogen) atoms. The van der Waals surface area contributed by atoms with Crippen LogP contribution in [0.5, 0.6) is 0 Å². The third kappa shape index (κ3) is 2.35. The third-order valence-corrected chi connectivity index (χ3v) is 2.61.